The Kier molecular flexibility index (Phi) is 5.73. The van der Waals surface area contributed by atoms with Crippen molar-refractivity contribution in [2.45, 2.75) is 43.8 Å². The first kappa shape index (κ1) is 21.9. The van der Waals surface area contributed by atoms with Gasteiger partial charge in [-0.05, 0) is 46.6 Å². The van der Waals surface area contributed by atoms with Gasteiger partial charge in [-0.15, -0.1) is 11.3 Å². The van der Waals surface area contributed by atoms with Crippen molar-refractivity contribution in [1.29, 1.82) is 0 Å². The van der Waals surface area contributed by atoms with Gasteiger partial charge < -0.3 is 0 Å². The number of carbonyl (C=O) groups is 2. The van der Waals surface area contributed by atoms with Gasteiger partial charge in [-0.25, -0.2) is 9.97 Å². The Bertz CT molecular complexity index is 1320. The van der Waals surface area contributed by atoms with Gasteiger partial charge >= 0.3 is 0 Å². The minimum atomic E-state index is -0.318. The van der Waals surface area contributed by atoms with Gasteiger partial charge in [0.15, 0.2) is 5.82 Å². The highest BCUT2D eigenvalue weighted by atomic mass is 32.1. The van der Waals surface area contributed by atoms with Crippen LogP contribution in [0.2, 0.25) is 0 Å². The van der Waals surface area contributed by atoms with Crippen LogP contribution < -0.4 is 5.32 Å². The average Bonchev–Trinajstić information content (AvgIpc) is 3.44. The molecule has 0 saturated carbocycles. The number of thiophene rings is 1. The third-order valence-electron chi connectivity index (χ3n) is 7.03. The Morgan fingerprint density at radius 3 is 2.94 bits per heavy atom. The predicted molar refractivity (Wildman–Crippen MR) is 135 cm³/mol. The Morgan fingerprint density at radius 2 is 2.12 bits per heavy atom. The van der Waals surface area contributed by atoms with E-state index in [1.807, 2.05) is 6.20 Å². The quantitative estimate of drug-likeness (QED) is 0.430. The monoisotopic (exact) mass is 491 g/mol. The SMILES string of the molecule is O=C1CCC(N2Cc3c(CN4CC=C(c5ncc6ccsc6n5)CC4)cccc3C2S)C(=O)N1. The first-order chi connectivity index (χ1) is 16.6. The van der Waals surface area contributed by atoms with E-state index >= 15 is 0 Å². The van der Waals surface area contributed by atoms with Crippen molar-refractivity contribution in [2.24, 2.45) is 0 Å². The van der Waals surface area contributed by atoms with Crippen LogP contribution in [-0.4, -0.2) is 50.7 Å². The van der Waals surface area contributed by atoms with Crippen LogP contribution in [0.25, 0.3) is 15.8 Å². The summed E-state index contributed by atoms with van der Waals surface area (Å²) in [7, 11) is 0. The van der Waals surface area contributed by atoms with Crippen LogP contribution >= 0.6 is 24.0 Å². The van der Waals surface area contributed by atoms with Crippen LogP contribution in [0, 0.1) is 0 Å². The topological polar surface area (TPSA) is 78.4 Å². The third-order valence-corrected chi connectivity index (χ3v) is 8.43. The van der Waals surface area contributed by atoms with Gasteiger partial charge in [0.1, 0.15) is 4.83 Å². The second-order valence-electron chi connectivity index (χ2n) is 9.09. The van der Waals surface area contributed by atoms with Crippen molar-refractivity contribution in [3.05, 3.63) is 64.4 Å². The molecule has 3 aliphatic heterocycles. The van der Waals surface area contributed by atoms with E-state index in [1.165, 1.54) is 16.7 Å². The van der Waals surface area contributed by atoms with Crippen molar-refractivity contribution in [3.8, 4) is 0 Å². The predicted octanol–water partition coefficient (Wildman–Crippen LogP) is 3.53. The van der Waals surface area contributed by atoms with E-state index < -0.39 is 0 Å². The highest BCUT2D eigenvalue weighted by Crippen LogP contribution is 2.41. The summed E-state index contributed by atoms with van der Waals surface area (Å²) in [5, 5.41) is 5.49. The van der Waals surface area contributed by atoms with E-state index in [2.05, 4.69) is 55.8 Å². The lowest BCUT2D eigenvalue weighted by Crippen LogP contribution is -2.51. The minimum absolute atomic E-state index is 0.143. The lowest BCUT2D eigenvalue weighted by Gasteiger charge is -2.32. The molecule has 7 nitrogen and oxygen atoms in total. The van der Waals surface area contributed by atoms with E-state index in [4.69, 9.17) is 17.6 Å². The molecule has 5 heterocycles. The normalized spacial score (nSPS) is 23.7. The number of benzene rings is 1. The highest BCUT2D eigenvalue weighted by Gasteiger charge is 2.39. The number of piperidine rings is 1. The summed E-state index contributed by atoms with van der Waals surface area (Å²) in [6, 6.07) is 8.10. The lowest BCUT2D eigenvalue weighted by atomic mass is 10.0. The summed E-state index contributed by atoms with van der Waals surface area (Å²) >= 11 is 6.50. The molecular formula is C25H25N5O2S2. The largest absolute Gasteiger partial charge is 0.295 e. The van der Waals surface area contributed by atoms with Crippen molar-refractivity contribution >= 4 is 51.6 Å². The van der Waals surface area contributed by atoms with Crippen molar-refractivity contribution in [2.75, 3.05) is 13.1 Å². The molecule has 9 heteroatoms. The molecule has 1 saturated heterocycles. The van der Waals surface area contributed by atoms with Crippen LogP contribution in [0.15, 0.2) is 41.9 Å². The molecule has 34 heavy (non-hydrogen) atoms. The van der Waals surface area contributed by atoms with E-state index in [9.17, 15) is 9.59 Å². The summed E-state index contributed by atoms with van der Waals surface area (Å²) < 4.78 is 0. The molecule has 3 aliphatic rings. The molecule has 2 unspecified atom stereocenters. The van der Waals surface area contributed by atoms with Gasteiger partial charge in [0, 0.05) is 44.2 Å². The number of amides is 2. The zero-order valence-corrected chi connectivity index (χ0v) is 20.3. The fraction of sp³-hybridized carbons (Fsp3) is 0.360. The summed E-state index contributed by atoms with van der Waals surface area (Å²) in [5.41, 5.74) is 4.91. The maximum atomic E-state index is 12.5. The molecular weight excluding hydrogens is 466 g/mol. The van der Waals surface area contributed by atoms with E-state index in [1.54, 1.807) is 11.3 Å². The second-order valence-corrected chi connectivity index (χ2v) is 10.5. The summed E-state index contributed by atoms with van der Waals surface area (Å²) in [4.78, 5) is 38.9. The molecule has 174 valence electrons. The number of nitrogens with zero attached hydrogens (tertiary/aromatic N) is 4. The van der Waals surface area contributed by atoms with Crippen LogP contribution in [0.5, 0.6) is 0 Å². The molecule has 2 aromatic heterocycles. The molecule has 2 atom stereocenters. The molecule has 6 rings (SSSR count). The van der Waals surface area contributed by atoms with Gasteiger partial charge in [0.25, 0.3) is 0 Å². The average molecular weight is 492 g/mol. The molecule has 3 aromatic rings. The van der Waals surface area contributed by atoms with Crippen molar-refractivity contribution < 1.29 is 9.59 Å². The second kappa shape index (κ2) is 8.88. The molecule has 0 spiro atoms. The molecule has 2 amide bonds. The number of thiol groups is 1. The standard InChI is InChI=1S/C25H25N5O2S2/c31-21-5-4-20(23(32)27-21)30-14-19-17(2-1-3-18(19)25(30)33)13-29-9-6-15(7-10-29)22-26-12-16-8-11-34-24(16)28-22/h1-3,6,8,11-12,20,25,33H,4-5,7,9-10,13-14H2,(H,27,31,32). The van der Waals surface area contributed by atoms with Gasteiger partial charge in [-0.2, -0.15) is 12.6 Å². The summed E-state index contributed by atoms with van der Waals surface area (Å²) in [6.45, 7) is 3.32. The first-order valence-corrected chi connectivity index (χ1v) is 13.0. The molecule has 0 bridgehead atoms. The summed E-state index contributed by atoms with van der Waals surface area (Å²) in [6.07, 6.45) is 6.01. The van der Waals surface area contributed by atoms with E-state index in [-0.39, 0.29) is 23.2 Å². The van der Waals surface area contributed by atoms with Gasteiger partial charge in [0.05, 0.1) is 11.4 Å². The molecule has 0 aliphatic carbocycles. The fourth-order valence-corrected chi connectivity index (χ4v) is 6.40. The number of aromatic nitrogens is 2. The number of imide groups is 1. The fourth-order valence-electron chi connectivity index (χ4n) is 5.17. The van der Waals surface area contributed by atoms with E-state index in [0.29, 0.717) is 19.4 Å². The highest BCUT2D eigenvalue weighted by molar-refractivity contribution is 7.80. The van der Waals surface area contributed by atoms with Crippen molar-refractivity contribution in [1.82, 2.24) is 25.1 Å². The lowest BCUT2D eigenvalue weighted by molar-refractivity contribution is -0.137. The smallest absolute Gasteiger partial charge is 0.243 e. The molecule has 1 fully saturated rings. The minimum Gasteiger partial charge on any atom is -0.295 e. The van der Waals surface area contributed by atoms with Gasteiger partial charge in [-0.3, -0.25) is 24.7 Å². The molecule has 0 radical (unpaired) electrons. The van der Waals surface area contributed by atoms with Crippen molar-refractivity contribution in [3.63, 3.8) is 0 Å². The van der Waals surface area contributed by atoms with Gasteiger partial charge in [-0.1, -0.05) is 24.3 Å². The number of hydrogen-bond donors (Lipinski definition) is 2. The molecule has 1 N–H and O–H groups in total. The number of rotatable bonds is 4. The van der Waals surface area contributed by atoms with Crippen LogP contribution in [0.3, 0.4) is 0 Å². The van der Waals surface area contributed by atoms with Crippen LogP contribution in [-0.2, 0) is 22.7 Å². The Balaban J connectivity index is 1.17. The number of fused-ring (bicyclic) bond motifs is 2. The number of carbonyl (C=O) groups excluding carboxylic acids is 2. The summed E-state index contributed by atoms with van der Waals surface area (Å²) in [5.74, 6) is 0.446. The Labute approximate surface area is 207 Å². The zero-order chi connectivity index (χ0) is 23.2. The van der Waals surface area contributed by atoms with Crippen LogP contribution in [0.4, 0.5) is 0 Å². The molecule has 1 aromatic carbocycles. The number of nitrogens with one attached hydrogen (secondary N) is 1. The third kappa shape index (κ3) is 3.96. The maximum Gasteiger partial charge on any atom is 0.243 e. The van der Waals surface area contributed by atoms with E-state index in [0.717, 1.165) is 47.7 Å². The zero-order valence-electron chi connectivity index (χ0n) is 18.6. The Hall–Kier alpha value is -2.59. The first-order valence-electron chi connectivity index (χ1n) is 11.6. The van der Waals surface area contributed by atoms with Crippen LogP contribution in [0.1, 0.15) is 47.2 Å². The van der Waals surface area contributed by atoms with Gasteiger partial charge in [0.2, 0.25) is 11.8 Å². The maximum absolute atomic E-state index is 12.5. The Morgan fingerprint density at radius 1 is 1.21 bits per heavy atom. The number of hydrogen-bond acceptors (Lipinski definition) is 8.